The number of hydrogen-bond acceptors (Lipinski definition) is 6. The van der Waals surface area contributed by atoms with Crippen molar-refractivity contribution in [3.05, 3.63) is 35.9 Å². The van der Waals surface area contributed by atoms with Gasteiger partial charge in [-0.3, -0.25) is 9.36 Å². The molecule has 11 heteroatoms. The van der Waals surface area contributed by atoms with Crippen molar-refractivity contribution in [2.24, 2.45) is 0 Å². The molecule has 1 N–H and O–H groups in total. The number of carbonyl (C=O) groups is 2. The molecule has 1 atom stereocenters. The summed E-state index contributed by atoms with van der Waals surface area (Å²) in [6, 6.07) is 8.75. The molecule has 0 aliphatic heterocycles. The van der Waals surface area contributed by atoms with Gasteiger partial charge in [-0.2, -0.15) is 0 Å². The molecule has 0 spiro atoms. The Morgan fingerprint density at radius 3 is 2.15 bits per heavy atom. The van der Waals surface area contributed by atoms with Gasteiger partial charge < -0.3 is 19.1 Å². The second-order valence-electron chi connectivity index (χ2n) is 5.24. The second kappa shape index (κ2) is 11.2. The second-order valence-corrected chi connectivity index (χ2v) is 9.87. The first-order valence-electron chi connectivity index (χ1n) is 8.06. The van der Waals surface area contributed by atoms with Crippen molar-refractivity contribution in [2.45, 2.75) is 29.8 Å². The number of rotatable bonds is 10. The minimum Gasteiger partial charge on any atom is -0.445 e. The Kier molecular flexibility index (Phi) is 10.1. The molecule has 27 heavy (non-hydrogen) atoms. The molecule has 1 aromatic rings. The van der Waals surface area contributed by atoms with Crippen LogP contribution in [-0.2, 0) is 29.6 Å². The summed E-state index contributed by atoms with van der Waals surface area (Å²) in [6.07, 6.45) is -1.19. The normalized spacial score (nSPS) is 13.1. The molecule has 1 rings (SSSR count). The van der Waals surface area contributed by atoms with E-state index in [1.165, 1.54) is 0 Å². The van der Waals surface area contributed by atoms with Gasteiger partial charge >= 0.3 is 13.7 Å². The lowest BCUT2D eigenvalue weighted by molar-refractivity contribution is -0.119. The van der Waals surface area contributed by atoms with Crippen LogP contribution in [-0.4, -0.2) is 41.3 Å². The summed E-state index contributed by atoms with van der Waals surface area (Å²) in [5.41, 5.74) is 0.670. The van der Waals surface area contributed by atoms with Crippen molar-refractivity contribution in [1.82, 2.24) is 5.32 Å². The standard InChI is InChI=1S/C16H21Cl3NO6P/c1-3-25-27(23,26-4-2)14(20-15(22)24-11-16(17,18)19)13(21)10-12-8-6-5-7-9-12/h5-9,14H,3-4,10-11H2,1-2H3,(H,20,22). The summed E-state index contributed by atoms with van der Waals surface area (Å²) >= 11 is 16.6. The monoisotopic (exact) mass is 459 g/mol. The highest BCUT2D eigenvalue weighted by atomic mass is 35.6. The molecule has 152 valence electrons. The van der Waals surface area contributed by atoms with Crippen molar-refractivity contribution >= 4 is 54.3 Å². The third-order valence-corrected chi connectivity index (χ3v) is 5.70. The number of amides is 1. The minimum atomic E-state index is -4.00. The van der Waals surface area contributed by atoms with Gasteiger partial charge in [0.15, 0.2) is 11.6 Å². The summed E-state index contributed by atoms with van der Waals surface area (Å²) in [5.74, 6) is -2.14. The Balaban J connectivity index is 3.01. The molecule has 0 radical (unpaired) electrons. The minimum absolute atomic E-state index is 0.0112. The van der Waals surface area contributed by atoms with Gasteiger partial charge in [0, 0.05) is 6.42 Å². The number of alkyl carbamates (subject to hydrolysis) is 1. The fourth-order valence-corrected chi connectivity index (χ4v) is 4.04. The number of alkyl halides is 3. The van der Waals surface area contributed by atoms with Crippen molar-refractivity contribution in [2.75, 3.05) is 19.8 Å². The Labute approximate surface area is 173 Å². The van der Waals surface area contributed by atoms with Crippen LogP contribution in [0.2, 0.25) is 0 Å². The van der Waals surface area contributed by atoms with Gasteiger partial charge in [0.05, 0.1) is 13.2 Å². The van der Waals surface area contributed by atoms with Crippen LogP contribution in [0.4, 0.5) is 4.79 Å². The predicted molar refractivity (Wildman–Crippen MR) is 105 cm³/mol. The van der Waals surface area contributed by atoms with E-state index in [0.717, 1.165) is 0 Å². The van der Waals surface area contributed by atoms with Crippen LogP contribution >= 0.6 is 42.4 Å². The largest absolute Gasteiger partial charge is 0.445 e. The van der Waals surface area contributed by atoms with Gasteiger partial charge in [0.2, 0.25) is 3.79 Å². The zero-order chi connectivity index (χ0) is 20.5. The van der Waals surface area contributed by atoms with E-state index >= 15 is 0 Å². The lowest BCUT2D eigenvalue weighted by atomic mass is 10.1. The first kappa shape index (κ1) is 24.2. The zero-order valence-corrected chi connectivity index (χ0v) is 18.0. The van der Waals surface area contributed by atoms with Gasteiger partial charge in [-0.1, -0.05) is 65.1 Å². The Morgan fingerprint density at radius 1 is 1.11 bits per heavy atom. The topological polar surface area (TPSA) is 90.9 Å². The molecular weight excluding hydrogens is 440 g/mol. The maximum atomic E-state index is 13.1. The van der Waals surface area contributed by atoms with Crippen molar-refractivity contribution in [3.8, 4) is 0 Å². The molecule has 0 aliphatic carbocycles. The van der Waals surface area contributed by atoms with Gasteiger partial charge in [0.1, 0.15) is 6.61 Å². The van der Waals surface area contributed by atoms with E-state index in [4.69, 9.17) is 48.6 Å². The van der Waals surface area contributed by atoms with Gasteiger partial charge in [-0.25, -0.2) is 4.79 Å². The zero-order valence-electron chi connectivity index (χ0n) is 14.8. The molecule has 0 saturated heterocycles. The quantitative estimate of drug-likeness (QED) is 0.409. The number of halogens is 3. The molecular formula is C16H21Cl3NO6P. The Morgan fingerprint density at radius 2 is 1.67 bits per heavy atom. The summed E-state index contributed by atoms with van der Waals surface area (Å²) in [5, 5.41) is 2.22. The highest BCUT2D eigenvalue weighted by molar-refractivity contribution is 7.55. The van der Waals surface area contributed by atoms with Gasteiger partial charge in [-0.05, 0) is 19.4 Å². The number of carbonyl (C=O) groups excluding carboxylic acids is 2. The number of ketones is 1. The van der Waals surface area contributed by atoms with Crippen LogP contribution in [0.5, 0.6) is 0 Å². The number of hydrogen-bond donors (Lipinski definition) is 1. The molecule has 0 aliphatic rings. The van der Waals surface area contributed by atoms with Gasteiger partial charge in [0.25, 0.3) is 0 Å². The van der Waals surface area contributed by atoms with E-state index in [2.05, 4.69) is 5.32 Å². The van der Waals surface area contributed by atoms with Crippen molar-refractivity contribution < 1.29 is 27.9 Å². The van der Waals surface area contributed by atoms with Crippen LogP contribution in [0.1, 0.15) is 19.4 Å². The van der Waals surface area contributed by atoms with E-state index in [1.54, 1.807) is 44.2 Å². The van der Waals surface area contributed by atoms with Crippen LogP contribution in [0.3, 0.4) is 0 Å². The molecule has 7 nitrogen and oxygen atoms in total. The van der Waals surface area contributed by atoms with E-state index in [9.17, 15) is 14.2 Å². The smallest absolute Gasteiger partial charge is 0.408 e. The van der Waals surface area contributed by atoms with Crippen molar-refractivity contribution in [3.63, 3.8) is 0 Å². The van der Waals surface area contributed by atoms with E-state index in [-0.39, 0.29) is 19.6 Å². The molecule has 1 unspecified atom stereocenters. The summed E-state index contributed by atoms with van der Waals surface area (Å²) < 4.78 is 26.4. The molecule has 1 amide bonds. The third kappa shape index (κ3) is 8.81. The number of Topliss-reactive ketones (excluding diaryl/α,β-unsaturated/α-hetero) is 1. The molecule has 0 saturated carbocycles. The Hall–Kier alpha value is -0.820. The first-order chi connectivity index (χ1) is 12.6. The number of nitrogens with one attached hydrogen (secondary N) is 1. The summed E-state index contributed by atoms with van der Waals surface area (Å²) in [4.78, 5) is 24.8. The highest BCUT2D eigenvalue weighted by Gasteiger charge is 2.42. The average Bonchev–Trinajstić information content (AvgIpc) is 2.58. The molecule has 0 bridgehead atoms. The van der Waals surface area contributed by atoms with Crippen molar-refractivity contribution in [1.29, 1.82) is 0 Å². The average molecular weight is 461 g/mol. The van der Waals surface area contributed by atoms with Crippen LogP contribution in [0.25, 0.3) is 0 Å². The van der Waals surface area contributed by atoms with E-state index in [1.807, 2.05) is 0 Å². The lowest BCUT2D eigenvalue weighted by Gasteiger charge is -2.26. The predicted octanol–water partition coefficient (Wildman–Crippen LogP) is 4.49. The molecule has 1 aromatic carbocycles. The Bertz CT molecular complexity index is 658. The molecule has 0 aromatic heterocycles. The third-order valence-electron chi connectivity index (χ3n) is 3.08. The summed E-state index contributed by atoms with van der Waals surface area (Å²) in [6.45, 7) is 2.64. The highest BCUT2D eigenvalue weighted by Crippen LogP contribution is 2.52. The fourth-order valence-electron chi connectivity index (χ4n) is 2.08. The maximum Gasteiger partial charge on any atom is 0.408 e. The van der Waals surface area contributed by atoms with Crippen LogP contribution in [0, 0.1) is 0 Å². The maximum absolute atomic E-state index is 13.1. The first-order valence-corrected chi connectivity index (χ1v) is 10.8. The van der Waals surface area contributed by atoms with E-state index < -0.39 is 35.7 Å². The SMILES string of the molecule is CCOP(=O)(OCC)C(NC(=O)OCC(Cl)(Cl)Cl)C(=O)Cc1ccccc1. The number of benzene rings is 1. The van der Waals surface area contributed by atoms with Crippen LogP contribution < -0.4 is 5.32 Å². The number of ether oxygens (including phenoxy) is 1. The summed E-state index contributed by atoms with van der Waals surface area (Å²) in [7, 11) is -4.00. The molecule has 0 fully saturated rings. The van der Waals surface area contributed by atoms with E-state index in [0.29, 0.717) is 5.56 Å². The van der Waals surface area contributed by atoms with Gasteiger partial charge in [-0.15, -0.1) is 0 Å². The lowest BCUT2D eigenvalue weighted by Crippen LogP contribution is -2.43. The fraction of sp³-hybridized carbons (Fsp3) is 0.500. The molecule has 0 heterocycles. The van der Waals surface area contributed by atoms with Crippen LogP contribution in [0.15, 0.2) is 30.3 Å².